The van der Waals surface area contributed by atoms with Crippen LogP contribution in [0.1, 0.15) is 13.8 Å². The lowest BCUT2D eigenvalue weighted by molar-refractivity contribution is 0.191. The Morgan fingerprint density at radius 3 is 2.39 bits per heavy atom. The quantitative estimate of drug-likeness (QED) is 0.891. The van der Waals surface area contributed by atoms with E-state index in [-0.39, 0.29) is 5.82 Å². The number of halogens is 1. The molecule has 0 aromatic heterocycles. The monoisotopic (exact) mass is 254 g/mol. The van der Waals surface area contributed by atoms with Crippen molar-refractivity contribution < 1.29 is 9.13 Å². The largest absolute Gasteiger partial charge is 0.492 e. The summed E-state index contributed by atoms with van der Waals surface area (Å²) in [6.07, 6.45) is 0. The number of benzene rings is 1. The van der Waals surface area contributed by atoms with Crippen molar-refractivity contribution in [3.63, 3.8) is 0 Å². The first-order chi connectivity index (χ1) is 8.84. The van der Waals surface area contributed by atoms with Gasteiger partial charge in [-0.05, 0) is 24.3 Å². The van der Waals surface area contributed by atoms with Gasteiger partial charge in [-0.3, -0.25) is 4.90 Å². The van der Waals surface area contributed by atoms with E-state index in [1.54, 1.807) is 12.1 Å². The Morgan fingerprint density at radius 2 is 1.78 bits per heavy atom. The zero-order valence-corrected chi connectivity index (χ0v) is 11.3. The molecule has 4 heteroatoms. The number of rotatable bonds is 4. The summed E-state index contributed by atoms with van der Waals surface area (Å²) in [5, 5.41) is 3.30. The van der Waals surface area contributed by atoms with Gasteiger partial charge < -0.3 is 10.1 Å². The summed E-state index contributed by atoms with van der Waals surface area (Å²) in [5.74, 6) is 0.506. The van der Waals surface area contributed by atoms with Gasteiger partial charge in [-0.2, -0.15) is 0 Å². The Balaban J connectivity index is 0.000000771. The van der Waals surface area contributed by atoms with E-state index in [2.05, 4.69) is 10.2 Å². The van der Waals surface area contributed by atoms with Crippen LogP contribution in [0.5, 0.6) is 5.75 Å². The second-order valence-electron chi connectivity index (χ2n) is 3.89. The number of nitrogens with one attached hydrogen (secondary N) is 1. The first-order valence-corrected chi connectivity index (χ1v) is 6.66. The number of ether oxygens (including phenoxy) is 1. The van der Waals surface area contributed by atoms with Crippen LogP contribution < -0.4 is 10.1 Å². The molecule has 2 rings (SSSR count). The van der Waals surface area contributed by atoms with E-state index in [9.17, 15) is 4.39 Å². The predicted molar refractivity (Wildman–Crippen MR) is 72.6 cm³/mol. The minimum absolute atomic E-state index is 0.227. The molecule has 3 nitrogen and oxygen atoms in total. The van der Waals surface area contributed by atoms with Crippen LogP contribution in [0.3, 0.4) is 0 Å². The van der Waals surface area contributed by atoms with Crippen LogP contribution in [0.4, 0.5) is 4.39 Å². The van der Waals surface area contributed by atoms with Gasteiger partial charge in [0, 0.05) is 32.7 Å². The topological polar surface area (TPSA) is 24.5 Å². The molecule has 18 heavy (non-hydrogen) atoms. The molecule has 1 aliphatic rings. The van der Waals surface area contributed by atoms with Gasteiger partial charge >= 0.3 is 0 Å². The Kier molecular flexibility index (Phi) is 7.37. The summed E-state index contributed by atoms with van der Waals surface area (Å²) < 4.78 is 18.2. The highest BCUT2D eigenvalue weighted by Gasteiger charge is 2.08. The maximum Gasteiger partial charge on any atom is 0.123 e. The van der Waals surface area contributed by atoms with Crippen molar-refractivity contribution in [3.8, 4) is 5.75 Å². The fourth-order valence-corrected chi connectivity index (χ4v) is 1.76. The molecule has 1 aliphatic heterocycles. The van der Waals surface area contributed by atoms with Crippen LogP contribution in [0.25, 0.3) is 0 Å². The average Bonchev–Trinajstić information content (AvgIpc) is 2.44. The van der Waals surface area contributed by atoms with Crippen LogP contribution in [-0.2, 0) is 0 Å². The maximum absolute atomic E-state index is 12.6. The molecule has 1 N–H and O–H groups in total. The lowest BCUT2D eigenvalue weighted by atomic mass is 10.3. The highest BCUT2D eigenvalue weighted by atomic mass is 19.1. The van der Waals surface area contributed by atoms with Gasteiger partial charge in [0.25, 0.3) is 0 Å². The lowest BCUT2D eigenvalue weighted by Crippen LogP contribution is -2.44. The molecule has 0 atom stereocenters. The fraction of sp³-hybridized carbons (Fsp3) is 0.571. The van der Waals surface area contributed by atoms with Crippen molar-refractivity contribution >= 4 is 0 Å². The summed E-state index contributed by atoms with van der Waals surface area (Å²) >= 11 is 0. The summed E-state index contributed by atoms with van der Waals surface area (Å²) in [7, 11) is 0. The van der Waals surface area contributed by atoms with Gasteiger partial charge in [-0.1, -0.05) is 13.8 Å². The zero-order chi connectivity index (χ0) is 13.2. The van der Waals surface area contributed by atoms with Gasteiger partial charge in [-0.15, -0.1) is 0 Å². The third kappa shape index (κ3) is 5.47. The number of nitrogens with zero attached hydrogens (tertiary/aromatic N) is 1. The van der Waals surface area contributed by atoms with Crippen molar-refractivity contribution in [3.05, 3.63) is 30.1 Å². The molecule has 0 amide bonds. The van der Waals surface area contributed by atoms with E-state index in [0.717, 1.165) is 38.5 Å². The normalized spacial score (nSPS) is 15.7. The van der Waals surface area contributed by atoms with Crippen molar-refractivity contribution in [2.45, 2.75) is 13.8 Å². The minimum Gasteiger partial charge on any atom is -0.492 e. The highest BCUT2D eigenvalue weighted by Crippen LogP contribution is 2.10. The van der Waals surface area contributed by atoms with E-state index >= 15 is 0 Å². The Bertz CT molecular complexity index is 310. The van der Waals surface area contributed by atoms with E-state index in [0.29, 0.717) is 6.61 Å². The average molecular weight is 254 g/mol. The molecule has 102 valence electrons. The molecular weight excluding hydrogens is 231 g/mol. The van der Waals surface area contributed by atoms with Crippen LogP contribution in [0.2, 0.25) is 0 Å². The molecule has 0 radical (unpaired) electrons. The van der Waals surface area contributed by atoms with Crippen molar-refractivity contribution in [1.29, 1.82) is 0 Å². The van der Waals surface area contributed by atoms with Gasteiger partial charge in [-0.25, -0.2) is 4.39 Å². The molecule has 0 aliphatic carbocycles. The zero-order valence-electron chi connectivity index (χ0n) is 11.3. The van der Waals surface area contributed by atoms with E-state index in [1.807, 2.05) is 13.8 Å². The van der Waals surface area contributed by atoms with Crippen molar-refractivity contribution in [2.24, 2.45) is 0 Å². The summed E-state index contributed by atoms with van der Waals surface area (Å²) in [6, 6.07) is 6.15. The second-order valence-corrected chi connectivity index (χ2v) is 3.89. The molecule has 1 aromatic carbocycles. The molecule has 1 aromatic rings. The standard InChI is InChI=1S/C12H17FN2O.C2H6/c13-11-1-3-12(4-2-11)16-10-9-15-7-5-14-6-8-15;1-2/h1-4,14H,5-10H2;1-2H3. The molecule has 1 heterocycles. The van der Waals surface area contributed by atoms with Gasteiger partial charge in [0.15, 0.2) is 0 Å². The van der Waals surface area contributed by atoms with E-state index in [4.69, 9.17) is 4.74 Å². The molecular formula is C14H23FN2O. The third-order valence-electron chi connectivity index (χ3n) is 2.70. The molecule has 0 bridgehead atoms. The molecule has 0 spiro atoms. The Hall–Kier alpha value is -1.13. The van der Waals surface area contributed by atoms with Crippen LogP contribution in [-0.4, -0.2) is 44.2 Å². The first-order valence-electron chi connectivity index (χ1n) is 6.66. The number of hydrogen-bond donors (Lipinski definition) is 1. The SMILES string of the molecule is CC.Fc1ccc(OCCN2CCNCC2)cc1. The van der Waals surface area contributed by atoms with Crippen molar-refractivity contribution in [1.82, 2.24) is 10.2 Å². The summed E-state index contributed by atoms with van der Waals surface area (Å²) in [4.78, 5) is 2.36. The van der Waals surface area contributed by atoms with E-state index < -0.39 is 0 Å². The minimum atomic E-state index is -0.227. The number of hydrogen-bond acceptors (Lipinski definition) is 3. The van der Waals surface area contributed by atoms with Crippen LogP contribution in [0.15, 0.2) is 24.3 Å². The smallest absolute Gasteiger partial charge is 0.123 e. The number of piperazine rings is 1. The van der Waals surface area contributed by atoms with Crippen molar-refractivity contribution in [2.75, 3.05) is 39.3 Å². The predicted octanol–water partition coefficient (Wildman–Crippen LogP) is 2.14. The Labute approximate surface area is 109 Å². The Morgan fingerprint density at radius 1 is 1.17 bits per heavy atom. The second kappa shape index (κ2) is 8.89. The first kappa shape index (κ1) is 14.9. The summed E-state index contributed by atoms with van der Waals surface area (Å²) in [5.41, 5.74) is 0. The van der Waals surface area contributed by atoms with Gasteiger partial charge in [0.1, 0.15) is 18.2 Å². The maximum atomic E-state index is 12.6. The molecule has 1 fully saturated rings. The third-order valence-corrected chi connectivity index (χ3v) is 2.70. The fourth-order valence-electron chi connectivity index (χ4n) is 1.76. The molecule has 0 saturated carbocycles. The highest BCUT2D eigenvalue weighted by molar-refractivity contribution is 5.21. The van der Waals surface area contributed by atoms with Gasteiger partial charge in [0.05, 0.1) is 0 Å². The molecule has 1 saturated heterocycles. The van der Waals surface area contributed by atoms with E-state index in [1.165, 1.54) is 12.1 Å². The lowest BCUT2D eigenvalue weighted by Gasteiger charge is -2.26. The molecule has 0 unspecified atom stereocenters. The van der Waals surface area contributed by atoms with Gasteiger partial charge in [0.2, 0.25) is 0 Å². The van der Waals surface area contributed by atoms with Crippen LogP contribution >= 0.6 is 0 Å². The van der Waals surface area contributed by atoms with Crippen LogP contribution in [0, 0.1) is 5.82 Å². The summed E-state index contributed by atoms with van der Waals surface area (Å²) in [6.45, 7) is 9.84.